The van der Waals surface area contributed by atoms with Crippen molar-refractivity contribution in [2.75, 3.05) is 27.2 Å². The molecular formula is C26H38F3N3O4. The average molecular weight is 514 g/mol. The van der Waals surface area contributed by atoms with E-state index in [9.17, 15) is 27.6 Å². The third-order valence-corrected chi connectivity index (χ3v) is 6.53. The third-order valence-electron chi connectivity index (χ3n) is 6.53. The molecule has 2 amide bonds. The first-order valence-corrected chi connectivity index (χ1v) is 12.1. The summed E-state index contributed by atoms with van der Waals surface area (Å²) in [5.74, 6) is -1.02. The first-order chi connectivity index (χ1) is 16.5. The molecule has 0 bridgehead atoms. The molecule has 1 N–H and O–H groups in total. The van der Waals surface area contributed by atoms with E-state index < -0.39 is 41.3 Å². The van der Waals surface area contributed by atoms with Crippen LogP contribution >= 0.6 is 0 Å². The molecule has 1 aliphatic rings. The molecule has 0 unspecified atom stereocenters. The van der Waals surface area contributed by atoms with E-state index in [-0.39, 0.29) is 30.7 Å². The second-order valence-electron chi connectivity index (χ2n) is 10.7. The minimum absolute atomic E-state index is 0.0128. The van der Waals surface area contributed by atoms with E-state index in [0.717, 1.165) is 12.1 Å². The number of rotatable bonds is 7. The van der Waals surface area contributed by atoms with Crippen molar-refractivity contribution in [3.63, 3.8) is 0 Å². The van der Waals surface area contributed by atoms with E-state index in [1.807, 2.05) is 13.8 Å². The van der Waals surface area contributed by atoms with Gasteiger partial charge in [-0.15, -0.1) is 0 Å². The number of carbonyl (C=O) groups excluding carboxylic acids is 3. The lowest BCUT2D eigenvalue weighted by atomic mass is 9.91. The van der Waals surface area contributed by atoms with Crippen LogP contribution in [-0.4, -0.2) is 72.5 Å². The van der Waals surface area contributed by atoms with E-state index in [4.69, 9.17) is 4.74 Å². The number of hydrogen-bond donors (Lipinski definition) is 1. The molecule has 1 aliphatic heterocycles. The number of hydrogen-bond acceptors (Lipinski definition) is 5. The summed E-state index contributed by atoms with van der Waals surface area (Å²) in [5.41, 5.74) is -1.04. The molecule has 0 aliphatic carbocycles. The second-order valence-corrected chi connectivity index (χ2v) is 10.7. The molecule has 7 nitrogen and oxygen atoms in total. The molecule has 10 heteroatoms. The van der Waals surface area contributed by atoms with Gasteiger partial charge in [-0.2, -0.15) is 13.2 Å². The Morgan fingerprint density at radius 3 is 2.22 bits per heavy atom. The van der Waals surface area contributed by atoms with Gasteiger partial charge in [0.05, 0.1) is 11.6 Å². The number of carbonyl (C=O) groups is 3. The highest BCUT2D eigenvalue weighted by Crippen LogP contribution is 2.30. The second kappa shape index (κ2) is 11.6. The highest BCUT2D eigenvalue weighted by Gasteiger charge is 2.40. The maximum atomic E-state index is 13.6. The van der Waals surface area contributed by atoms with Crippen LogP contribution in [0.2, 0.25) is 0 Å². The van der Waals surface area contributed by atoms with Crippen LogP contribution in [0.25, 0.3) is 0 Å². The van der Waals surface area contributed by atoms with E-state index in [2.05, 4.69) is 5.32 Å². The molecule has 1 heterocycles. The van der Waals surface area contributed by atoms with E-state index in [1.54, 1.807) is 27.8 Å². The molecule has 1 aromatic rings. The molecule has 1 saturated heterocycles. The van der Waals surface area contributed by atoms with Crippen LogP contribution in [0.1, 0.15) is 52.2 Å². The molecule has 0 aromatic heterocycles. The van der Waals surface area contributed by atoms with Crippen LogP contribution in [0.15, 0.2) is 24.3 Å². The fraction of sp³-hybridized carbons (Fsp3) is 0.654. The number of ether oxygens (including phenoxy) is 1. The number of alkyl halides is 3. The van der Waals surface area contributed by atoms with Crippen molar-refractivity contribution in [3.05, 3.63) is 35.4 Å². The van der Waals surface area contributed by atoms with Crippen molar-refractivity contribution in [2.24, 2.45) is 11.8 Å². The van der Waals surface area contributed by atoms with Crippen LogP contribution in [0.4, 0.5) is 13.2 Å². The van der Waals surface area contributed by atoms with Gasteiger partial charge in [-0.1, -0.05) is 26.0 Å². The number of likely N-dealkylation sites (tertiary alicyclic amines) is 1. The molecule has 36 heavy (non-hydrogen) atoms. The van der Waals surface area contributed by atoms with E-state index in [0.29, 0.717) is 18.5 Å². The van der Waals surface area contributed by atoms with Crippen molar-refractivity contribution >= 4 is 17.8 Å². The van der Waals surface area contributed by atoms with Crippen molar-refractivity contribution in [3.8, 4) is 0 Å². The van der Waals surface area contributed by atoms with Crippen molar-refractivity contribution < 1.29 is 32.3 Å². The van der Waals surface area contributed by atoms with Crippen LogP contribution in [0, 0.1) is 11.8 Å². The summed E-state index contributed by atoms with van der Waals surface area (Å²) in [6, 6.07) is 3.08. The Morgan fingerprint density at radius 1 is 1.14 bits per heavy atom. The fourth-order valence-corrected chi connectivity index (χ4v) is 4.29. The summed E-state index contributed by atoms with van der Waals surface area (Å²) in [6.45, 7) is 9.21. The first kappa shape index (κ1) is 29.6. The smallest absolute Gasteiger partial charge is 0.416 e. The largest absolute Gasteiger partial charge is 0.459 e. The summed E-state index contributed by atoms with van der Waals surface area (Å²) >= 11 is 0. The van der Waals surface area contributed by atoms with Crippen molar-refractivity contribution in [1.29, 1.82) is 0 Å². The molecule has 0 radical (unpaired) electrons. The van der Waals surface area contributed by atoms with Gasteiger partial charge in [-0.3, -0.25) is 14.4 Å². The van der Waals surface area contributed by atoms with E-state index >= 15 is 0 Å². The Morgan fingerprint density at radius 2 is 1.72 bits per heavy atom. The van der Waals surface area contributed by atoms with Gasteiger partial charge in [0, 0.05) is 20.0 Å². The lowest BCUT2D eigenvalue weighted by molar-refractivity contribution is -0.159. The zero-order valence-electron chi connectivity index (χ0n) is 22.1. The number of halogens is 3. The zero-order chi connectivity index (χ0) is 27.4. The van der Waals surface area contributed by atoms with Gasteiger partial charge in [0.25, 0.3) is 0 Å². The zero-order valence-corrected chi connectivity index (χ0v) is 22.1. The van der Waals surface area contributed by atoms with Crippen LogP contribution < -0.4 is 5.32 Å². The minimum Gasteiger partial charge on any atom is -0.459 e. The molecule has 2 rings (SSSR count). The Bertz CT molecular complexity index is 928. The van der Waals surface area contributed by atoms with Crippen LogP contribution in [0.3, 0.4) is 0 Å². The molecule has 1 fully saturated rings. The minimum atomic E-state index is -4.48. The topological polar surface area (TPSA) is 79.0 Å². The Balaban J connectivity index is 2.40. The van der Waals surface area contributed by atoms with Gasteiger partial charge in [0.15, 0.2) is 0 Å². The van der Waals surface area contributed by atoms with Gasteiger partial charge in [-0.25, -0.2) is 0 Å². The molecule has 0 spiro atoms. The van der Waals surface area contributed by atoms with Crippen LogP contribution in [0.5, 0.6) is 0 Å². The lowest BCUT2D eigenvalue weighted by Crippen LogP contribution is -2.56. The van der Waals surface area contributed by atoms with Crippen LogP contribution in [-0.2, 0) is 31.7 Å². The molecule has 202 valence electrons. The average Bonchev–Trinajstić information content (AvgIpc) is 2.86. The van der Waals surface area contributed by atoms with Gasteiger partial charge < -0.3 is 19.9 Å². The number of nitrogens with zero attached hydrogens (tertiary/aromatic N) is 2. The predicted octanol–water partition coefficient (Wildman–Crippen LogP) is 3.51. The number of amides is 2. The Kier molecular flexibility index (Phi) is 9.56. The van der Waals surface area contributed by atoms with Gasteiger partial charge in [-0.05, 0) is 63.8 Å². The highest BCUT2D eigenvalue weighted by atomic mass is 19.4. The van der Waals surface area contributed by atoms with Gasteiger partial charge in [0.1, 0.15) is 18.2 Å². The predicted molar refractivity (Wildman–Crippen MR) is 130 cm³/mol. The summed E-state index contributed by atoms with van der Waals surface area (Å²) in [6.07, 6.45) is -3.87. The third kappa shape index (κ3) is 7.94. The molecule has 1 aromatic carbocycles. The quantitative estimate of drug-likeness (QED) is 0.565. The summed E-state index contributed by atoms with van der Waals surface area (Å²) in [4.78, 5) is 42.2. The van der Waals surface area contributed by atoms with Crippen molar-refractivity contribution in [2.45, 2.75) is 71.3 Å². The summed E-state index contributed by atoms with van der Waals surface area (Å²) in [7, 11) is 3.14. The van der Waals surface area contributed by atoms with E-state index in [1.165, 1.54) is 29.0 Å². The maximum absolute atomic E-state index is 13.6. The van der Waals surface area contributed by atoms with Crippen molar-refractivity contribution in [1.82, 2.24) is 15.1 Å². The summed E-state index contributed by atoms with van der Waals surface area (Å²) in [5, 5.41) is 3.03. The fourth-order valence-electron chi connectivity index (χ4n) is 4.29. The first-order valence-electron chi connectivity index (χ1n) is 12.1. The summed E-state index contributed by atoms with van der Waals surface area (Å²) < 4.78 is 44.4. The number of esters is 1. The standard InChI is InChI=1S/C26H38F3N3O4/c1-16-12-20(30-6)23(34)32(14-17(16)2)21(13-18-8-10-19(11-9-18)26(27,28)29)24(35)31(7)15-22(33)36-25(3,4)5/h8-11,16-17,20-21,30H,12-15H2,1-7H3/t16-,17+,20+,21+/m1/s1. The number of benzene rings is 1. The SMILES string of the molecule is CN[C@H]1C[C@@H](C)[C@@H](C)CN([C@@H](Cc2ccc(C(F)(F)F)cc2)C(=O)N(C)CC(=O)OC(C)(C)C)C1=O. The molecule has 4 atom stereocenters. The number of likely N-dealkylation sites (N-methyl/N-ethyl adjacent to an activating group) is 2. The monoisotopic (exact) mass is 513 g/mol. The lowest BCUT2D eigenvalue weighted by Gasteiger charge is -2.35. The Labute approximate surface area is 211 Å². The molecule has 0 saturated carbocycles. The highest BCUT2D eigenvalue weighted by molar-refractivity contribution is 5.91. The van der Waals surface area contributed by atoms with Gasteiger partial charge in [0.2, 0.25) is 11.8 Å². The van der Waals surface area contributed by atoms with Gasteiger partial charge >= 0.3 is 12.1 Å². The Hall–Kier alpha value is -2.62. The normalized spacial score (nSPS) is 22.1. The number of nitrogens with one attached hydrogen (secondary N) is 1. The molecular weight excluding hydrogens is 475 g/mol. The maximum Gasteiger partial charge on any atom is 0.416 e.